The summed E-state index contributed by atoms with van der Waals surface area (Å²) in [6.07, 6.45) is 0. The molecule has 0 aromatic heterocycles. The molecule has 5 heteroatoms. The SMILES string of the molecule is O=C(O)c1cccc(Sc2ccc(F)c(F)c2)c1. The zero-order valence-corrected chi connectivity index (χ0v) is 9.88. The smallest absolute Gasteiger partial charge is 0.335 e. The molecule has 0 aliphatic carbocycles. The fourth-order valence-electron chi connectivity index (χ4n) is 1.37. The second-order valence-electron chi connectivity index (χ2n) is 3.51. The molecule has 0 unspecified atom stereocenters. The molecule has 0 fully saturated rings. The van der Waals surface area contributed by atoms with Gasteiger partial charge < -0.3 is 5.11 Å². The Morgan fingerprint density at radius 3 is 2.39 bits per heavy atom. The van der Waals surface area contributed by atoms with Crippen LogP contribution in [-0.4, -0.2) is 11.1 Å². The first kappa shape index (κ1) is 12.6. The molecule has 18 heavy (non-hydrogen) atoms. The molecule has 92 valence electrons. The van der Waals surface area contributed by atoms with E-state index in [0.717, 1.165) is 12.1 Å². The van der Waals surface area contributed by atoms with E-state index in [2.05, 4.69) is 0 Å². The first-order chi connectivity index (χ1) is 8.56. The molecule has 2 aromatic rings. The lowest BCUT2D eigenvalue weighted by Crippen LogP contribution is -1.95. The topological polar surface area (TPSA) is 37.3 Å². The van der Waals surface area contributed by atoms with E-state index < -0.39 is 17.6 Å². The van der Waals surface area contributed by atoms with E-state index in [9.17, 15) is 13.6 Å². The van der Waals surface area contributed by atoms with Crippen LogP contribution < -0.4 is 0 Å². The van der Waals surface area contributed by atoms with Crippen LogP contribution in [-0.2, 0) is 0 Å². The molecule has 0 heterocycles. The summed E-state index contributed by atoms with van der Waals surface area (Å²) >= 11 is 1.17. The van der Waals surface area contributed by atoms with Crippen molar-refractivity contribution >= 4 is 17.7 Å². The van der Waals surface area contributed by atoms with Gasteiger partial charge in [-0.2, -0.15) is 0 Å². The van der Waals surface area contributed by atoms with Crippen molar-refractivity contribution in [3.05, 3.63) is 59.7 Å². The molecule has 2 rings (SSSR count). The van der Waals surface area contributed by atoms with Crippen molar-refractivity contribution in [3.8, 4) is 0 Å². The molecule has 0 spiro atoms. The summed E-state index contributed by atoms with van der Waals surface area (Å²) in [5, 5.41) is 8.84. The summed E-state index contributed by atoms with van der Waals surface area (Å²) in [7, 11) is 0. The van der Waals surface area contributed by atoms with Gasteiger partial charge in [0, 0.05) is 9.79 Å². The normalized spacial score (nSPS) is 10.3. The van der Waals surface area contributed by atoms with Crippen molar-refractivity contribution in [1.29, 1.82) is 0 Å². The van der Waals surface area contributed by atoms with Gasteiger partial charge in [0.05, 0.1) is 5.56 Å². The van der Waals surface area contributed by atoms with Crippen LogP contribution in [0.5, 0.6) is 0 Å². The number of rotatable bonds is 3. The van der Waals surface area contributed by atoms with Crippen LogP contribution >= 0.6 is 11.8 Å². The van der Waals surface area contributed by atoms with Crippen molar-refractivity contribution in [2.24, 2.45) is 0 Å². The van der Waals surface area contributed by atoms with Gasteiger partial charge in [-0.25, -0.2) is 13.6 Å². The van der Waals surface area contributed by atoms with Gasteiger partial charge in [0.2, 0.25) is 0 Å². The fraction of sp³-hybridized carbons (Fsp3) is 0. The van der Waals surface area contributed by atoms with E-state index in [4.69, 9.17) is 5.11 Å². The third-order valence-electron chi connectivity index (χ3n) is 2.21. The lowest BCUT2D eigenvalue weighted by molar-refractivity contribution is 0.0696. The number of carboxylic acids is 1. The van der Waals surface area contributed by atoms with Crippen LogP contribution in [0.3, 0.4) is 0 Å². The lowest BCUT2D eigenvalue weighted by Gasteiger charge is -2.03. The summed E-state index contributed by atoms with van der Waals surface area (Å²) < 4.78 is 25.8. The molecule has 0 saturated heterocycles. The Kier molecular flexibility index (Phi) is 3.62. The zero-order valence-electron chi connectivity index (χ0n) is 9.06. The Balaban J connectivity index is 2.25. The molecule has 0 amide bonds. The van der Waals surface area contributed by atoms with Gasteiger partial charge >= 0.3 is 5.97 Å². The molecular formula is C13H8F2O2S. The van der Waals surface area contributed by atoms with E-state index in [1.807, 2.05) is 0 Å². The quantitative estimate of drug-likeness (QED) is 0.917. The van der Waals surface area contributed by atoms with Gasteiger partial charge in [-0.3, -0.25) is 0 Å². The number of halogens is 2. The second-order valence-corrected chi connectivity index (χ2v) is 4.66. The molecule has 0 aliphatic rings. The van der Waals surface area contributed by atoms with Gasteiger partial charge in [-0.05, 0) is 36.4 Å². The second kappa shape index (κ2) is 5.18. The maximum Gasteiger partial charge on any atom is 0.335 e. The highest BCUT2D eigenvalue weighted by atomic mass is 32.2. The van der Waals surface area contributed by atoms with Crippen molar-refractivity contribution in [1.82, 2.24) is 0 Å². The van der Waals surface area contributed by atoms with E-state index >= 15 is 0 Å². The fourth-order valence-corrected chi connectivity index (χ4v) is 2.27. The van der Waals surface area contributed by atoms with Crippen molar-refractivity contribution in [3.63, 3.8) is 0 Å². The first-order valence-corrected chi connectivity index (χ1v) is 5.84. The molecular weight excluding hydrogens is 258 g/mol. The van der Waals surface area contributed by atoms with Crippen molar-refractivity contribution in [2.45, 2.75) is 9.79 Å². The molecule has 0 aliphatic heterocycles. The lowest BCUT2D eigenvalue weighted by atomic mass is 10.2. The maximum atomic E-state index is 13.0. The number of hydrogen-bond acceptors (Lipinski definition) is 2. The van der Waals surface area contributed by atoms with E-state index in [1.165, 1.54) is 30.0 Å². The average molecular weight is 266 g/mol. The highest BCUT2D eigenvalue weighted by molar-refractivity contribution is 7.99. The van der Waals surface area contributed by atoms with E-state index in [-0.39, 0.29) is 5.56 Å². The van der Waals surface area contributed by atoms with Gasteiger partial charge in [0.1, 0.15) is 0 Å². The highest BCUT2D eigenvalue weighted by Crippen LogP contribution is 2.29. The summed E-state index contributed by atoms with van der Waals surface area (Å²) in [4.78, 5) is 11.9. The Morgan fingerprint density at radius 2 is 1.72 bits per heavy atom. The Hall–Kier alpha value is -1.88. The summed E-state index contributed by atoms with van der Waals surface area (Å²) in [6.45, 7) is 0. The molecule has 0 radical (unpaired) electrons. The molecule has 1 N–H and O–H groups in total. The van der Waals surface area contributed by atoms with Crippen LogP contribution in [0.25, 0.3) is 0 Å². The van der Waals surface area contributed by atoms with Crippen LogP contribution in [0.1, 0.15) is 10.4 Å². The van der Waals surface area contributed by atoms with Crippen molar-refractivity contribution < 1.29 is 18.7 Å². The van der Waals surface area contributed by atoms with Crippen LogP contribution in [0.2, 0.25) is 0 Å². The van der Waals surface area contributed by atoms with Crippen molar-refractivity contribution in [2.75, 3.05) is 0 Å². The molecule has 0 atom stereocenters. The minimum absolute atomic E-state index is 0.155. The predicted octanol–water partition coefficient (Wildman–Crippen LogP) is 3.81. The van der Waals surface area contributed by atoms with Crippen LogP contribution in [0.15, 0.2) is 52.3 Å². The van der Waals surface area contributed by atoms with Gasteiger partial charge in [0.25, 0.3) is 0 Å². The Labute approximate surface area is 106 Å². The maximum absolute atomic E-state index is 13.0. The first-order valence-electron chi connectivity index (χ1n) is 5.02. The number of benzene rings is 2. The van der Waals surface area contributed by atoms with Crippen LogP contribution in [0, 0.1) is 11.6 Å². The summed E-state index contributed by atoms with van der Waals surface area (Å²) in [5.74, 6) is -2.85. The highest BCUT2D eigenvalue weighted by Gasteiger charge is 2.06. The van der Waals surface area contributed by atoms with E-state index in [1.54, 1.807) is 12.1 Å². The van der Waals surface area contributed by atoms with Gasteiger partial charge in [0.15, 0.2) is 11.6 Å². The zero-order chi connectivity index (χ0) is 13.1. The van der Waals surface area contributed by atoms with E-state index in [0.29, 0.717) is 9.79 Å². The minimum atomic E-state index is -1.03. The predicted molar refractivity (Wildman–Crippen MR) is 63.9 cm³/mol. The third kappa shape index (κ3) is 2.87. The number of aromatic carboxylic acids is 1. The number of carboxylic acid groups (broad SMARTS) is 1. The summed E-state index contributed by atoms with van der Waals surface area (Å²) in [5.41, 5.74) is 0.155. The summed E-state index contributed by atoms with van der Waals surface area (Å²) in [6, 6.07) is 9.82. The largest absolute Gasteiger partial charge is 0.478 e. The molecule has 2 aromatic carbocycles. The molecule has 0 saturated carbocycles. The standard InChI is InChI=1S/C13H8F2O2S/c14-11-5-4-10(7-12(11)15)18-9-3-1-2-8(6-9)13(16)17/h1-7H,(H,16,17). The monoisotopic (exact) mass is 266 g/mol. The van der Waals surface area contributed by atoms with Crippen LogP contribution in [0.4, 0.5) is 8.78 Å². The Bertz CT molecular complexity index is 599. The number of carbonyl (C=O) groups is 1. The van der Waals surface area contributed by atoms with Gasteiger partial charge in [-0.15, -0.1) is 0 Å². The Morgan fingerprint density at radius 1 is 1.00 bits per heavy atom. The number of hydrogen-bond donors (Lipinski definition) is 1. The molecule has 2 nitrogen and oxygen atoms in total. The third-order valence-corrected chi connectivity index (χ3v) is 3.19. The average Bonchev–Trinajstić information content (AvgIpc) is 2.34. The minimum Gasteiger partial charge on any atom is -0.478 e. The molecule has 0 bridgehead atoms. The van der Waals surface area contributed by atoms with Gasteiger partial charge in [-0.1, -0.05) is 17.8 Å².